The van der Waals surface area contributed by atoms with Crippen LogP contribution in [0.3, 0.4) is 0 Å². The van der Waals surface area contributed by atoms with Crippen LogP contribution in [0.2, 0.25) is 0 Å². The van der Waals surface area contributed by atoms with Crippen LogP contribution in [0.1, 0.15) is 42.9 Å². The summed E-state index contributed by atoms with van der Waals surface area (Å²) in [6.07, 6.45) is 11.3. The van der Waals surface area contributed by atoms with Gasteiger partial charge in [-0.3, -0.25) is 4.57 Å². The highest BCUT2D eigenvalue weighted by Gasteiger charge is 2.21. The number of hydrogen-bond donors (Lipinski definition) is 2. The average molecular weight is 430 g/mol. The number of aromatic amines is 1. The molecule has 1 aliphatic heterocycles. The zero-order valence-corrected chi connectivity index (χ0v) is 18.4. The molecule has 0 aliphatic carbocycles. The lowest BCUT2D eigenvalue weighted by Crippen LogP contribution is -2.36. The predicted octanol–water partition coefficient (Wildman–Crippen LogP) is 4.52. The second kappa shape index (κ2) is 9.67. The molecule has 1 unspecified atom stereocenters. The Labute approximate surface area is 188 Å². The van der Waals surface area contributed by atoms with Crippen LogP contribution in [0.25, 0.3) is 16.6 Å². The maximum Gasteiger partial charge on any atom is 0.123 e. The van der Waals surface area contributed by atoms with Crippen LogP contribution in [-0.4, -0.2) is 49.4 Å². The number of benzene rings is 2. The number of aliphatic hydroxyl groups is 1. The molecule has 6 heteroatoms. The fourth-order valence-electron chi connectivity index (χ4n) is 4.93. The van der Waals surface area contributed by atoms with Gasteiger partial charge in [0.25, 0.3) is 0 Å². The average Bonchev–Trinajstić information content (AvgIpc) is 3.51. The van der Waals surface area contributed by atoms with Gasteiger partial charge in [-0.1, -0.05) is 36.8 Å². The smallest absolute Gasteiger partial charge is 0.123 e. The molecule has 0 spiro atoms. The summed E-state index contributed by atoms with van der Waals surface area (Å²) in [5.41, 5.74) is 4.68. The Balaban J connectivity index is 1.10. The molecule has 1 atom stereocenters. The molecule has 0 bridgehead atoms. The van der Waals surface area contributed by atoms with E-state index in [2.05, 4.69) is 44.5 Å². The first kappa shape index (κ1) is 20.9. The zero-order valence-electron chi connectivity index (χ0n) is 18.4. The van der Waals surface area contributed by atoms with Gasteiger partial charge in [0.05, 0.1) is 6.10 Å². The number of aliphatic hydroxyl groups excluding tert-OH is 1. The molecule has 1 aliphatic rings. The van der Waals surface area contributed by atoms with Gasteiger partial charge in [0, 0.05) is 29.3 Å². The van der Waals surface area contributed by atoms with E-state index in [1.165, 1.54) is 42.1 Å². The van der Waals surface area contributed by atoms with Crippen LogP contribution in [0.4, 0.5) is 0 Å². The van der Waals surface area contributed by atoms with Crippen molar-refractivity contribution in [2.24, 2.45) is 5.92 Å². The number of nitrogens with one attached hydrogen (secondary N) is 1. The zero-order chi connectivity index (χ0) is 21.8. The number of aryl methyl sites for hydroxylation is 1. The van der Waals surface area contributed by atoms with E-state index in [9.17, 15) is 5.11 Å². The fraction of sp³-hybridized carbons (Fsp3) is 0.385. The lowest BCUT2D eigenvalue weighted by molar-refractivity contribution is 0.0877. The molecule has 2 aromatic carbocycles. The SMILES string of the molecule is OC(CN1CCC(CCCc2c[nH]c3ccc(-n4cnnc4)cc23)CC1)c1ccccc1. The van der Waals surface area contributed by atoms with Gasteiger partial charge in [0.1, 0.15) is 12.7 Å². The summed E-state index contributed by atoms with van der Waals surface area (Å²) in [5.74, 6) is 0.790. The van der Waals surface area contributed by atoms with Gasteiger partial charge in [0.2, 0.25) is 0 Å². The van der Waals surface area contributed by atoms with Crippen LogP contribution in [-0.2, 0) is 6.42 Å². The van der Waals surface area contributed by atoms with Gasteiger partial charge < -0.3 is 15.0 Å². The number of H-pyrrole nitrogens is 1. The third-order valence-electron chi connectivity index (χ3n) is 6.85. The summed E-state index contributed by atoms with van der Waals surface area (Å²) < 4.78 is 1.94. The molecule has 0 amide bonds. The van der Waals surface area contributed by atoms with Gasteiger partial charge in [-0.15, -0.1) is 10.2 Å². The predicted molar refractivity (Wildman–Crippen MR) is 127 cm³/mol. The number of hydrogen-bond acceptors (Lipinski definition) is 4. The molecule has 3 heterocycles. The van der Waals surface area contributed by atoms with E-state index in [0.717, 1.165) is 43.2 Å². The Morgan fingerprint density at radius 3 is 2.59 bits per heavy atom. The standard InChI is InChI=1S/C26H31N5O/c32-26(21-6-2-1-3-7-21)17-30-13-11-20(12-14-30)5-4-8-22-16-27-25-10-9-23(15-24(22)25)31-18-28-29-19-31/h1-3,6-7,9-10,15-16,18-20,26-27,32H,4-5,8,11-14,17H2. The van der Waals surface area contributed by atoms with Crippen molar-refractivity contribution < 1.29 is 5.11 Å². The van der Waals surface area contributed by atoms with Crippen molar-refractivity contribution in [3.63, 3.8) is 0 Å². The number of likely N-dealkylation sites (tertiary alicyclic amines) is 1. The fourth-order valence-corrected chi connectivity index (χ4v) is 4.93. The quantitative estimate of drug-likeness (QED) is 0.432. The van der Waals surface area contributed by atoms with Gasteiger partial charge in [0.15, 0.2) is 0 Å². The number of piperidine rings is 1. The number of nitrogens with zero attached hydrogens (tertiary/aromatic N) is 4. The normalized spacial score (nSPS) is 16.5. The van der Waals surface area contributed by atoms with Gasteiger partial charge >= 0.3 is 0 Å². The maximum absolute atomic E-state index is 10.5. The Bertz CT molecular complexity index is 1110. The summed E-state index contributed by atoms with van der Waals surface area (Å²) in [6, 6.07) is 16.5. The highest BCUT2D eigenvalue weighted by Crippen LogP contribution is 2.27. The van der Waals surface area contributed by atoms with Crippen LogP contribution in [0, 0.1) is 5.92 Å². The van der Waals surface area contributed by atoms with E-state index in [4.69, 9.17) is 0 Å². The van der Waals surface area contributed by atoms with Crippen LogP contribution >= 0.6 is 0 Å². The molecular formula is C26H31N5O. The molecule has 0 saturated carbocycles. The van der Waals surface area contributed by atoms with E-state index in [0.29, 0.717) is 0 Å². The van der Waals surface area contributed by atoms with Gasteiger partial charge in [-0.25, -0.2) is 0 Å². The van der Waals surface area contributed by atoms with Crippen LogP contribution in [0.5, 0.6) is 0 Å². The topological polar surface area (TPSA) is 70.0 Å². The molecule has 2 N–H and O–H groups in total. The maximum atomic E-state index is 10.5. The lowest BCUT2D eigenvalue weighted by atomic mass is 9.90. The number of fused-ring (bicyclic) bond motifs is 1. The first-order valence-electron chi connectivity index (χ1n) is 11.7. The van der Waals surface area contributed by atoms with E-state index in [1.54, 1.807) is 12.7 Å². The molecule has 5 rings (SSSR count). The van der Waals surface area contributed by atoms with Gasteiger partial charge in [-0.05, 0) is 74.0 Å². The Kier molecular flexibility index (Phi) is 6.32. The Morgan fingerprint density at radius 2 is 1.81 bits per heavy atom. The van der Waals surface area contributed by atoms with Crippen molar-refractivity contribution in [3.8, 4) is 5.69 Å². The largest absolute Gasteiger partial charge is 0.387 e. The van der Waals surface area contributed by atoms with Crippen molar-refractivity contribution in [2.45, 2.75) is 38.2 Å². The minimum absolute atomic E-state index is 0.391. The van der Waals surface area contributed by atoms with Crippen molar-refractivity contribution >= 4 is 10.9 Å². The number of rotatable bonds is 8. The molecule has 166 valence electrons. The minimum atomic E-state index is -0.391. The summed E-state index contributed by atoms with van der Waals surface area (Å²) in [7, 11) is 0. The van der Waals surface area contributed by atoms with E-state index >= 15 is 0 Å². The summed E-state index contributed by atoms with van der Waals surface area (Å²) >= 11 is 0. The third kappa shape index (κ3) is 4.76. The van der Waals surface area contributed by atoms with Crippen molar-refractivity contribution in [1.82, 2.24) is 24.6 Å². The van der Waals surface area contributed by atoms with Crippen molar-refractivity contribution in [3.05, 3.63) is 78.5 Å². The molecule has 2 aromatic heterocycles. The van der Waals surface area contributed by atoms with Gasteiger partial charge in [-0.2, -0.15) is 0 Å². The molecular weight excluding hydrogens is 398 g/mol. The molecule has 4 aromatic rings. The third-order valence-corrected chi connectivity index (χ3v) is 6.85. The van der Waals surface area contributed by atoms with Crippen LogP contribution in [0.15, 0.2) is 67.4 Å². The lowest BCUT2D eigenvalue weighted by Gasteiger charge is -2.33. The van der Waals surface area contributed by atoms with E-state index in [1.807, 2.05) is 34.9 Å². The van der Waals surface area contributed by atoms with Crippen molar-refractivity contribution in [2.75, 3.05) is 19.6 Å². The minimum Gasteiger partial charge on any atom is -0.387 e. The molecule has 6 nitrogen and oxygen atoms in total. The first-order valence-corrected chi connectivity index (χ1v) is 11.7. The first-order chi connectivity index (χ1) is 15.8. The second-order valence-electron chi connectivity index (χ2n) is 8.98. The molecule has 1 fully saturated rings. The van der Waals surface area contributed by atoms with Crippen molar-refractivity contribution in [1.29, 1.82) is 0 Å². The molecule has 32 heavy (non-hydrogen) atoms. The number of β-amino-alcohol motifs (C(OH)–C–C–N with tert-alkyl or cyclic N) is 1. The highest BCUT2D eigenvalue weighted by molar-refractivity contribution is 5.85. The summed E-state index contributed by atoms with van der Waals surface area (Å²) in [5, 5.41) is 19.6. The summed E-state index contributed by atoms with van der Waals surface area (Å²) in [4.78, 5) is 5.83. The highest BCUT2D eigenvalue weighted by atomic mass is 16.3. The second-order valence-corrected chi connectivity index (χ2v) is 8.98. The Hall–Kier alpha value is -2.96. The van der Waals surface area contributed by atoms with Crippen LogP contribution < -0.4 is 0 Å². The molecule has 1 saturated heterocycles. The molecule has 0 radical (unpaired) electrons. The monoisotopic (exact) mass is 429 g/mol. The van der Waals surface area contributed by atoms with E-state index in [-0.39, 0.29) is 0 Å². The Morgan fingerprint density at radius 1 is 1.03 bits per heavy atom. The summed E-state index contributed by atoms with van der Waals surface area (Å²) in [6.45, 7) is 2.91. The van der Waals surface area contributed by atoms with E-state index < -0.39 is 6.10 Å². The number of aromatic nitrogens is 4.